The first-order chi connectivity index (χ1) is 27.7. The molecule has 0 saturated carbocycles. The van der Waals surface area contributed by atoms with Crippen LogP contribution in [0.15, 0.2) is 48.6 Å². The molecule has 0 rings (SSSR count). The Bertz CT molecular complexity index is 893. The molecule has 4 nitrogen and oxygen atoms in total. The minimum absolute atomic E-state index is 0.0773. The second kappa shape index (κ2) is 47.7. The van der Waals surface area contributed by atoms with E-state index < -0.39 is 12.1 Å². The fraction of sp³-hybridized carbons (Fsp3) is 0.827. The smallest absolute Gasteiger partial charge is 0.220 e. The van der Waals surface area contributed by atoms with Crippen molar-refractivity contribution in [2.45, 2.75) is 270 Å². The predicted octanol–water partition coefficient (Wildman–Crippen LogP) is 15.9. The number of carbonyl (C=O) groups is 1. The van der Waals surface area contributed by atoms with Gasteiger partial charge < -0.3 is 15.5 Å². The van der Waals surface area contributed by atoms with Crippen LogP contribution in [0.2, 0.25) is 0 Å². The third-order valence-electron chi connectivity index (χ3n) is 11.3. The molecule has 2 unspecified atom stereocenters. The van der Waals surface area contributed by atoms with Gasteiger partial charge in [0.2, 0.25) is 5.91 Å². The third-order valence-corrected chi connectivity index (χ3v) is 11.3. The molecule has 0 saturated heterocycles. The zero-order valence-corrected chi connectivity index (χ0v) is 37.7. The molecule has 56 heavy (non-hydrogen) atoms. The zero-order chi connectivity index (χ0) is 40.7. The van der Waals surface area contributed by atoms with Crippen LogP contribution in [0.25, 0.3) is 0 Å². The van der Waals surface area contributed by atoms with Gasteiger partial charge in [0.1, 0.15) is 0 Å². The van der Waals surface area contributed by atoms with Gasteiger partial charge in [0, 0.05) is 6.42 Å². The second-order valence-electron chi connectivity index (χ2n) is 16.9. The average Bonchev–Trinajstić information content (AvgIpc) is 3.20. The lowest BCUT2D eigenvalue weighted by Crippen LogP contribution is -2.45. The number of carbonyl (C=O) groups excluding carboxylic acids is 1. The van der Waals surface area contributed by atoms with Crippen LogP contribution < -0.4 is 5.32 Å². The number of hydrogen-bond acceptors (Lipinski definition) is 3. The van der Waals surface area contributed by atoms with Crippen molar-refractivity contribution < 1.29 is 15.0 Å². The summed E-state index contributed by atoms with van der Waals surface area (Å²) >= 11 is 0. The van der Waals surface area contributed by atoms with Crippen molar-refractivity contribution in [3.05, 3.63) is 48.6 Å². The van der Waals surface area contributed by atoms with Crippen molar-refractivity contribution in [3.63, 3.8) is 0 Å². The van der Waals surface area contributed by atoms with Crippen LogP contribution in [0, 0.1) is 0 Å². The SMILES string of the molecule is CCCCCC/C=C/CC/C=C/CC/C=C/C(O)C(CO)NC(=O)CCCCCCCCCCCCCCCC/C=C\CCCCCCCCCCCCCC. The second-order valence-corrected chi connectivity index (χ2v) is 16.9. The molecule has 0 aromatic carbocycles. The lowest BCUT2D eigenvalue weighted by molar-refractivity contribution is -0.123. The molecule has 0 fully saturated rings. The van der Waals surface area contributed by atoms with Gasteiger partial charge in [0.15, 0.2) is 0 Å². The first kappa shape index (κ1) is 54.3. The van der Waals surface area contributed by atoms with E-state index in [0.717, 1.165) is 38.5 Å². The molecule has 4 heteroatoms. The Morgan fingerprint density at radius 3 is 1.05 bits per heavy atom. The highest BCUT2D eigenvalue weighted by molar-refractivity contribution is 5.76. The van der Waals surface area contributed by atoms with E-state index in [2.05, 4.69) is 55.6 Å². The molecule has 0 aromatic rings. The lowest BCUT2D eigenvalue weighted by Gasteiger charge is -2.19. The molecule has 0 spiro atoms. The fourth-order valence-electron chi connectivity index (χ4n) is 7.44. The summed E-state index contributed by atoms with van der Waals surface area (Å²) in [5, 5.41) is 23.0. The molecule has 0 bridgehead atoms. The number of hydrogen-bond donors (Lipinski definition) is 3. The van der Waals surface area contributed by atoms with Gasteiger partial charge in [0.25, 0.3) is 0 Å². The summed E-state index contributed by atoms with van der Waals surface area (Å²) < 4.78 is 0. The maximum atomic E-state index is 12.4. The highest BCUT2D eigenvalue weighted by atomic mass is 16.3. The molecule has 1 amide bonds. The van der Waals surface area contributed by atoms with Crippen LogP contribution in [0.3, 0.4) is 0 Å². The monoisotopic (exact) mass is 784 g/mol. The molecule has 0 aliphatic rings. The van der Waals surface area contributed by atoms with E-state index in [1.54, 1.807) is 6.08 Å². The summed E-state index contributed by atoms with van der Waals surface area (Å²) in [4.78, 5) is 12.4. The molecule has 0 aromatic heterocycles. The largest absolute Gasteiger partial charge is 0.394 e. The van der Waals surface area contributed by atoms with Crippen molar-refractivity contribution in [2.24, 2.45) is 0 Å². The van der Waals surface area contributed by atoms with Gasteiger partial charge >= 0.3 is 0 Å². The van der Waals surface area contributed by atoms with E-state index in [-0.39, 0.29) is 12.5 Å². The van der Waals surface area contributed by atoms with Gasteiger partial charge in [-0.1, -0.05) is 229 Å². The number of aliphatic hydroxyl groups is 2. The molecular formula is C52H97NO3. The van der Waals surface area contributed by atoms with Crippen molar-refractivity contribution in [3.8, 4) is 0 Å². The minimum atomic E-state index is -0.869. The minimum Gasteiger partial charge on any atom is -0.394 e. The first-order valence-electron chi connectivity index (χ1n) is 24.9. The van der Waals surface area contributed by atoms with Crippen LogP contribution in [-0.4, -0.2) is 34.9 Å². The van der Waals surface area contributed by atoms with Gasteiger partial charge in [-0.15, -0.1) is 0 Å². The first-order valence-corrected chi connectivity index (χ1v) is 24.9. The third kappa shape index (κ3) is 43.5. The van der Waals surface area contributed by atoms with Crippen molar-refractivity contribution >= 4 is 5.91 Å². The maximum Gasteiger partial charge on any atom is 0.220 e. The Morgan fingerprint density at radius 2 is 0.696 bits per heavy atom. The standard InChI is InChI=1S/C52H97NO3/c1-3-5-7-9-11-13-15-17-19-20-21-22-23-24-25-26-27-28-29-30-31-32-33-34-36-38-40-42-44-46-48-52(56)53-50(49-54)51(55)47-45-43-41-39-37-35-18-16-14-12-10-8-6-4-2/h14,16,24-25,37,39,45,47,50-51,54-55H,3-13,15,17-23,26-36,38,40-44,46,48-49H2,1-2H3,(H,53,56)/b16-14+,25-24-,39-37+,47-45+. The maximum absolute atomic E-state index is 12.4. The van der Waals surface area contributed by atoms with Crippen LogP contribution in [-0.2, 0) is 4.79 Å². The Kier molecular flexibility index (Phi) is 46.3. The molecule has 0 radical (unpaired) electrons. The summed E-state index contributed by atoms with van der Waals surface area (Å²) in [6.07, 6.45) is 65.4. The van der Waals surface area contributed by atoms with E-state index >= 15 is 0 Å². The normalized spacial score (nSPS) is 13.3. The predicted molar refractivity (Wildman–Crippen MR) is 248 cm³/mol. The molecule has 0 aliphatic carbocycles. The quantitative estimate of drug-likeness (QED) is 0.0425. The molecular weight excluding hydrogens is 687 g/mol. The van der Waals surface area contributed by atoms with E-state index in [0.29, 0.717) is 6.42 Å². The number of nitrogens with one attached hydrogen (secondary N) is 1. The Labute approximate surface area is 350 Å². The molecule has 0 aliphatic heterocycles. The van der Waals surface area contributed by atoms with Gasteiger partial charge in [-0.05, 0) is 70.6 Å². The van der Waals surface area contributed by atoms with Crippen molar-refractivity contribution in [1.82, 2.24) is 5.32 Å². The number of aliphatic hydroxyl groups excluding tert-OH is 2. The molecule has 2 atom stereocenters. The van der Waals surface area contributed by atoms with E-state index in [4.69, 9.17) is 0 Å². The Morgan fingerprint density at radius 1 is 0.411 bits per heavy atom. The fourth-order valence-corrected chi connectivity index (χ4v) is 7.44. The average molecular weight is 784 g/mol. The summed E-state index contributed by atoms with van der Waals surface area (Å²) in [5.41, 5.74) is 0. The van der Waals surface area contributed by atoms with Crippen molar-refractivity contribution in [2.75, 3.05) is 6.61 Å². The van der Waals surface area contributed by atoms with E-state index in [1.807, 2.05) is 6.08 Å². The van der Waals surface area contributed by atoms with Gasteiger partial charge in [-0.2, -0.15) is 0 Å². The summed E-state index contributed by atoms with van der Waals surface area (Å²) in [5.74, 6) is -0.0773. The van der Waals surface area contributed by atoms with Crippen LogP contribution in [0.4, 0.5) is 0 Å². The van der Waals surface area contributed by atoms with Gasteiger partial charge in [-0.3, -0.25) is 4.79 Å². The highest BCUT2D eigenvalue weighted by Gasteiger charge is 2.17. The van der Waals surface area contributed by atoms with Gasteiger partial charge in [-0.25, -0.2) is 0 Å². The van der Waals surface area contributed by atoms with Crippen LogP contribution in [0.1, 0.15) is 258 Å². The molecule has 0 heterocycles. The van der Waals surface area contributed by atoms with Gasteiger partial charge in [0.05, 0.1) is 18.8 Å². The highest BCUT2D eigenvalue weighted by Crippen LogP contribution is 2.15. The van der Waals surface area contributed by atoms with Crippen LogP contribution in [0.5, 0.6) is 0 Å². The lowest BCUT2D eigenvalue weighted by atomic mass is 10.0. The Hall–Kier alpha value is -1.65. The van der Waals surface area contributed by atoms with Crippen LogP contribution >= 0.6 is 0 Å². The summed E-state index contributed by atoms with van der Waals surface area (Å²) in [6, 6.07) is -0.644. The number of rotatable bonds is 45. The number of unbranched alkanes of at least 4 members (excludes halogenated alkanes) is 32. The molecule has 328 valence electrons. The molecule has 3 N–H and O–H groups in total. The van der Waals surface area contributed by atoms with E-state index in [9.17, 15) is 15.0 Å². The summed E-state index contributed by atoms with van der Waals surface area (Å²) in [7, 11) is 0. The zero-order valence-electron chi connectivity index (χ0n) is 37.7. The number of allylic oxidation sites excluding steroid dienone is 7. The Balaban J connectivity index is 3.50. The van der Waals surface area contributed by atoms with Crippen molar-refractivity contribution in [1.29, 1.82) is 0 Å². The number of amides is 1. The topological polar surface area (TPSA) is 69.6 Å². The summed E-state index contributed by atoms with van der Waals surface area (Å²) in [6.45, 7) is 4.28. The van der Waals surface area contributed by atoms with E-state index in [1.165, 1.54) is 199 Å².